The minimum Gasteiger partial charge on any atom is -0.342 e. The van der Waals surface area contributed by atoms with Crippen LogP contribution in [0.15, 0.2) is 61.1 Å². The van der Waals surface area contributed by atoms with E-state index in [4.69, 9.17) is 0 Å². The molecule has 0 bridgehead atoms. The summed E-state index contributed by atoms with van der Waals surface area (Å²) in [6, 6.07) is 13.9. The molecule has 0 atom stereocenters. The van der Waals surface area contributed by atoms with E-state index in [1.807, 2.05) is 59.8 Å². The van der Waals surface area contributed by atoms with E-state index in [0.717, 1.165) is 42.3 Å². The number of carbonyl (C=O) groups is 1. The molecule has 1 fully saturated rings. The third-order valence-electron chi connectivity index (χ3n) is 4.92. The van der Waals surface area contributed by atoms with Crippen molar-refractivity contribution in [3.63, 3.8) is 0 Å². The SMILES string of the molecule is Cc1cnc(-c2cccnc2)n1CC1CN(C(=O)Cc2ccccc2)C1. The molecule has 2 aromatic heterocycles. The second kappa shape index (κ2) is 7.12. The number of carbonyl (C=O) groups excluding carboxylic acids is 1. The molecular formula is C21H22N4O. The molecule has 0 radical (unpaired) electrons. The van der Waals surface area contributed by atoms with Crippen molar-refractivity contribution in [1.29, 1.82) is 0 Å². The number of amides is 1. The Hall–Kier alpha value is -2.95. The number of imidazole rings is 1. The number of likely N-dealkylation sites (tertiary alicyclic amines) is 1. The van der Waals surface area contributed by atoms with Crippen molar-refractivity contribution in [2.24, 2.45) is 5.92 Å². The molecule has 1 aliphatic rings. The molecular weight excluding hydrogens is 324 g/mol. The van der Waals surface area contributed by atoms with E-state index in [1.165, 1.54) is 0 Å². The molecule has 1 saturated heterocycles. The number of benzene rings is 1. The van der Waals surface area contributed by atoms with Gasteiger partial charge in [0.1, 0.15) is 5.82 Å². The van der Waals surface area contributed by atoms with E-state index >= 15 is 0 Å². The molecule has 4 rings (SSSR count). The monoisotopic (exact) mass is 346 g/mol. The van der Waals surface area contributed by atoms with Crippen LogP contribution in [-0.2, 0) is 17.8 Å². The van der Waals surface area contributed by atoms with Crippen molar-refractivity contribution in [3.05, 3.63) is 72.3 Å². The summed E-state index contributed by atoms with van der Waals surface area (Å²) in [7, 11) is 0. The lowest BCUT2D eigenvalue weighted by molar-refractivity contribution is -0.137. The summed E-state index contributed by atoms with van der Waals surface area (Å²) in [5, 5.41) is 0. The van der Waals surface area contributed by atoms with Crippen molar-refractivity contribution >= 4 is 5.91 Å². The largest absolute Gasteiger partial charge is 0.342 e. The zero-order valence-electron chi connectivity index (χ0n) is 14.9. The summed E-state index contributed by atoms with van der Waals surface area (Å²) < 4.78 is 2.24. The molecule has 0 spiro atoms. The van der Waals surface area contributed by atoms with E-state index in [2.05, 4.69) is 21.5 Å². The summed E-state index contributed by atoms with van der Waals surface area (Å²) in [6.45, 7) is 4.58. The van der Waals surface area contributed by atoms with E-state index in [0.29, 0.717) is 12.3 Å². The van der Waals surface area contributed by atoms with E-state index in [1.54, 1.807) is 6.20 Å². The van der Waals surface area contributed by atoms with Crippen molar-refractivity contribution in [3.8, 4) is 11.4 Å². The highest BCUT2D eigenvalue weighted by molar-refractivity contribution is 5.79. The van der Waals surface area contributed by atoms with Gasteiger partial charge in [-0.25, -0.2) is 4.98 Å². The number of nitrogens with zero attached hydrogens (tertiary/aromatic N) is 4. The third kappa shape index (κ3) is 3.38. The fourth-order valence-corrected chi connectivity index (χ4v) is 3.45. The molecule has 1 aromatic carbocycles. The highest BCUT2D eigenvalue weighted by Gasteiger charge is 2.31. The maximum absolute atomic E-state index is 12.4. The molecule has 1 amide bonds. The van der Waals surface area contributed by atoms with Gasteiger partial charge >= 0.3 is 0 Å². The first-order chi connectivity index (χ1) is 12.7. The zero-order valence-corrected chi connectivity index (χ0v) is 14.9. The first-order valence-corrected chi connectivity index (χ1v) is 8.95. The number of hydrogen-bond acceptors (Lipinski definition) is 3. The van der Waals surface area contributed by atoms with Crippen LogP contribution in [0, 0.1) is 12.8 Å². The van der Waals surface area contributed by atoms with Crippen molar-refractivity contribution in [1.82, 2.24) is 19.4 Å². The van der Waals surface area contributed by atoms with Crippen LogP contribution < -0.4 is 0 Å². The summed E-state index contributed by atoms with van der Waals surface area (Å²) in [4.78, 5) is 23.1. The first-order valence-electron chi connectivity index (χ1n) is 8.95. The number of aryl methyl sites for hydroxylation is 1. The van der Waals surface area contributed by atoms with Gasteiger partial charge in [-0.15, -0.1) is 0 Å². The molecule has 3 heterocycles. The van der Waals surface area contributed by atoms with E-state index in [9.17, 15) is 4.79 Å². The number of pyridine rings is 1. The van der Waals surface area contributed by atoms with Crippen molar-refractivity contribution in [2.75, 3.05) is 13.1 Å². The first kappa shape index (κ1) is 16.5. The predicted octanol–water partition coefficient (Wildman–Crippen LogP) is 2.95. The number of aromatic nitrogens is 3. The summed E-state index contributed by atoms with van der Waals surface area (Å²) in [5.41, 5.74) is 3.24. The van der Waals surface area contributed by atoms with Gasteiger partial charge in [-0.2, -0.15) is 0 Å². The third-order valence-corrected chi connectivity index (χ3v) is 4.92. The van der Waals surface area contributed by atoms with Gasteiger partial charge in [-0.1, -0.05) is 30.3 Å². The lowest BCUT2D eigenvalue weighted by Crippen LogP contribution is -2.52. The van der Waals surface area contributed by atoms with Gasteiger partial charge in [0.2, 0.25) is 5.91 Å². The molecule has 1 aliphatic heterocycles. The Morgan fingerprint density at radius 1 is 1.12 bits per heavy atom. The van der Waals surface area contributed by atoms with Gasteiger partial charge < -0.3 is 9.47 Å². The van der Waals surface area contributed by atoms with Gasteiger partial charge in [-0.05, 0) is 24.6 Å². The normalized spacial score (nSPS) is 14.3. The smallest absolute Gasteiger partial charge is 0.227 e. The van der Waals surface area contributed by atoms with Crippen molar-refractivity contribution < 1.29 is 4.79 Å². The minimum atomic E-state index is 0.210. The molecule has 0 aliphatic carbocycles. The summed E-state index contributed by atoms with van der Waals surface area (Å²) >= 11 is 0. The number of rotatable bonds is 5. The van der Waals surface area contributed by atoms with Crippen LogP contribution in [-0.4, -0.2) is 38.4 Å². The Morgan fingerprint density at radius 2 is 1.92 bits per heavy atom. The van der Waals surface area contributed by atoms with Gasteiger partial charge in [0.25, 0.3) is 0 Å². The van der Waals surface area contributed by atoms with Gasteiger partial charge in [-0.3, -0.25) is 9.78 Å². The Kier molecular flexibility index (Phi) is 4.52. The molecule has 0 N–H and O–H groups in total. The minimum absolute atomic E-state index is 0.210. The average molecular weight is 346 g/mol. The fourth-order valence-electron chi connectivity index (χ4n) is 3.45. The van der Waals surface area contributed by atoms with Crippen LogP contribution >= 0.6 is 0 Å². The van der Waals surface area contributed by atoms with Gasteiger partial charge in [0, 0.05) is 55.4 Å². The Labute approximate surface area is 153 Å². The second-order valence-corrected chi connectivity index (χ2v) is 6.90. The molecule has 26 heavy (non-hydrogen) atoms. The lowest BCUT2D eigenvalue weighted by atomic mass is 9.98. The van der Waals surface area contributed by atoms with Crippen LogP contribution in [0.2, 0.25) is 0 Å². The molecule has 5 heteroatoms. The lowest BCUT2D eigenvalue weighted by Gasteiger charge is -2.40. The Balaban J connectivity index is 1.38. The highest BCUT2D eigenvalue weighted by Crippen LogP contribution is 2.24. The predicted molar refractivity (Wildman–Crippen MR) is 100 cm³/mol. The zero-order chi connectivity index (χ0) is 17.9. The van der Waals surface area contributed by atoms with Crippen LogP contribution in [0.4, 0.5) is 0 Å². The average Bonchev–Trinajstić information content (AvgIpc) is 2.99. The van der Waals surface area contributed by atoms with Crippen LogP contribution in [0.25, 0.3) is 11.4 Å². The molecule has 0 unspecified atom stereocenters. The van der Waals surface area contributed by atoms with Crippen LogP contribution in [0.1, 0.15) is 11.3 Å². The molecule has 0 saturated carbocycles. The quantitative estimate of drug-likeness (QED) is 0.714. The second-order valence-electron chi connectivity index (χ2n) is 6.90. The summed E-state index contributed by atoms with van der Waals surface area (Å²) in [6.07, 6.45) is 6.00. The van der Waals surface area contributed by atoms with Crippen LogP contribution in [0.3, 0.4) is 0 Å². The Bertz CT molecular complexity index is 883. The van der Waals surface area contributed by atoms with E-state index < -0.39 is 0 Å². The molecule has 132 valence electrons. The standard InChI is InChI=1S/C21H22N4O/c1-16-11-23-21(19-8-5-9-22-12-19)25(16)15-18-13-24(14-18)20(26)10-17-6-3-2-4-7-17/h2-9,11-12,18H,10,13-15H2,1H3. The van der Waals surface area contributed by atoms with Gasteiger partial charge in [0.05, 0.1) is 6.42 Å². The fraction of sp³-hybridized carbons (Fsp3) is 0.286. The molecule has 3 aromatic rings. The van der Waals surface area contributed by atoms with Crippen LogP contribution in [0.5, 0.6) is 0 Å². The van der Waals surface area contributed by atoms with Crippen molar-refractivity contribution in [2.45, 2.75) is 19.9 Å². The number of hydrogen-bond donors (Lipinski definition) is 0. The Morgan fingerprint density at radius 3 is 2.65 bits per heavy atom. The molecule has 5 nitrogen and oxygen atoms in total. The highest BCUT2D eigenvalue weighted by atomic mass is 16.2. The summed E-state index contributed by atoms with van der Waals surface area (Å²) in [5.74, 6) is 1.63. The van der Waals surface area contributed by atoms with E-state index in [-0.39, 0.29) is 5.91 Å². The maximum atomic E-state index is 12.4. The topological polar surface area (TPSA) is 51.0 Å². The maximum Gasteiger partial charge on any atom is 0.227 e. The van der Waals surface area contributed by atoms with Gasteiger partial charge in [0.15, 0.2) is 0 Å².